The minimum absolute atomic E-state index is 0.0421. The molecular formula is C14H22N4O. The smallest absolute Gasteiger partial charge is 0.241 e. The number of fused-ring (bicyclic) bond motifs is 1. The molecule has 19 heavy (non-hydrogen) atoms. The fourth-order valence-corrected chi connectivity index (χ4v) is 3.42. The van der Waals surface area contributed by atoms with E-state index in [1.54, 1.807) is 10.9 Å². The van der Waals surface area contributed by atoms with Crippen molar-refractivity contribution < 1.29 is 4.79 Å². The van der Waals surface area contributed by atoms with Crippen LogP contribution in [0.2, 0.25) is 0 Å². The average Bonchev–Trinajstić information content (AvgIpc) is 2.83. The maximum Gasteiger partial charge on any atom is 0.241 e. The third-order valence-corrected chi connectivity index (χ3v) is 4.44. The lowest BCUT2D eigenvalue weighted by Gasteiger charge is -2.39. The maximum atomic E-state index is 12.2. The van der Waals surface area contributed by atoms with Crippen molar-refractivity contribution in [2.45, 2.75) is 50.6 Å². The first-order valence-electron chi connectivity index (χ1n) is 7.28. The Morgan fingerprint density at radius 3 is 3.00 bits per heavy atom. The van der Waals surface area contributed by atoms with Gasteiger partial charge in [0.05, 0.1) is 17.9 Å². The summed E-state index contributed by atoms with van der Waals surface area (Å²) in [5.41, 5.74) is 0.778. The van der Waals surface area contributed by atoms with Gasteiger partial charge in [0.15, 0.2) is 0 Å². The SMILES string of the molecule is Cn1cc(NC(=O)C2CCC3CCCCC3N2)cn1. The van der Waals surface area contributed by atoms with Crippen molar-refractivity contribution in [2.75, 3.05) is 5.32 Å². The molecule has 2 fully saturated rings. The minimum atomic E-state index is -0.0421. The van der Waals surface area contributed by atoms with Gasteiger partial charge in [-0.15, -0.1) is 0 Å². The number of carbonyl (C=O) groups excluding carboxylic acids is 1. The van der Waals surface area contributed by atoms with E-state index in [1.165, 1.54) is 32.1 Å². The van der Waals surface area contributed by atoms with Crippen LogP contribution in [0.4, 0.5) is 5.69 Å². The minimum Gasteiger partial charge on any atom is -0.322 e. The van der Waals surface area contributed by atoms with E-state index in [-0.39, 0.29) is 11.9 Å². The molecule has 0 radical (unpaired) electrons. The Balaban J connectivity index is 1.58. The van der Waals surface area contributed by atoms with Crippen molar-refractivity contribution in [3.05, 3.63) is 12.4 Å². The molecule has 1 aromatic heterocycles. The highest BCUT2D eigenvalue weighted by Gasteiger charge is 2.34. The summed E-state index contributed by atoms with van der Waals surface area (Å²) in [5, 5.41) is 10.5. The molecule has 0 bridgehead atoms. The number of anilines is 1. The predicted octanol–water partition coefficient (Wildman–Crippen LogP) is 1.67. The van der Waals surface area contributed by atoms with E-state index in [2.05, 4.69) is 15.7 Å². The highest BCUT2D eigenvalue weighted by atomic mass is 16.2. The summed E-state index contributed by atoms with van der Waals surface area (Å²) in [4.78, 5) is 12.2. The molecule has 1 aliphatic heterocycles. The van der Waals surface area contributed by atoms with E-state index in [4.69, 9.17) is 0 Å². The van der Waals surface area contributed by atoms with Crippen LogP contribution < -0.4 is 10.6 Å². The van der Waals surface area contributed by atoms with E-state index in [1.807, 2.05) is 13.2 Å². The van der Waals surface area contributed by atoms with Gasteiger partial charge in [-0.1, -0.05) is 12.8 Å². The molecule has 3 unspecified atom stereocenters. The highest BCUT2D eigenvalue weighted by Crippen LogP contribution is 2.32. The molecule has 3 rings (SSSR count). The molecule has 0 aromatic carbocycles. The molecule has 1 aliphatic carbocycles. The molecular weight excluding hydrogens is 240 g/mol. The Kier molecular flexibility index (Phi) is 3.55. The van der Waals surface area contributed by atoms with E-state index in [0.717, 1.165) is 18.0 Å². The number of rotatable bonds is 2. The number of hydrogen-bond acceptors (Lipinski definition) is 3. The Morgan fingerprint density at radius 2 is 2.21 bits per heavy atom. The van der Waals surface area contributed by atoms with Gasteiger partial charge in [-0.3, -0.25) is 9.48 Å². The number of aromatic nitrogens is 2. The van der Waals surface area contributed by atoms with Crippen molar-refractivity contribution >= 4 is 11.6 Å². The molecule has 2 N–H and O–H groups in total. The molecule has 5 nitrogen and oxygen atoms in total. The van der Waals surface area contributed by atoms with Crippen LogP contribution in [0.5, 0.6) is 0 Å². The first-order chi connectivity index (χ1) is 9.22. The van der Waals surface area contributed by atoms with Crippen molar-refractivity contribution in [2.24, 2.45) is 13.0 Å². The summed E-state index contributed by atoms with van der Waals surface area (Å²) in [5.74, 6) is 0.869. The maximum absolute atomic E-state index is 12.2. The van der Waals surface area contributed by atoms with Crippen molar-refractivity contribution in [1.29, 1.82) is 0 Å². The number of piperidine rings is 1. The fourth-order valence-electron chi connectivity index (χ4n) is 3.42. The first-order valence-corrected chi connectivity index (χ1v) is 7.28. The van der Waals surface area contributed by atoms with E-state index >= 15 is 0 Å². The number of nitrogens with one attached hydrogen (secondary N) is 2. The lowest BCUT2D eigenvalue weighted by Crippen LogP contribution is -2.53. The highest BCUT2D eigenvalue weighted by molar-refractivity contribution is 5.94. The number of nitrogens with zero attached hydrogens (tertiary/aromatic N) is 2. The van der Waals surface area contributed by atoms with E-state index in [0.29, 0.717) is 6.04 Å². The Morgan fingerprint density at radius 1 is 1.37 bits per heavy atom. The number of amides is 1. The van der Waals surface area contributed by atoms with Crippen LogP contribution in [0.25, 0.3) is 0 Å². The summed E-state index contributed by atoms with van der Waals surface area (Å²) in [6.45, 7) is 0. The summed E-state index contributed by atoms with van der Waals surface area (Å²) in [6.07, 6.45) is 10.8. The predicted molar refractivity (Wildman–Crippen MR) is 73.7 cm³/mol. The Labute approximate surface area is 113 Å². The lowest BCUT2D eigenvalue weighted by molar-refractivity contribution is -0.119. The molecule has 2 aliphatic rings. The van der Waals surface area contributed by atoms with Crippen LogP contribution in [-0.2, 0) is 11.8 Å². The van der Waals surface area contributed by atoms with Gasteiger partial charge in [-0.05, 0) is 31.6 Å². The third kappa shape index (κ3) is 2.81. The van der Waals surface area contributed by atoms with Gasteiger partial charge >= 0.3 is 0 Å². The molecule has 1 saturated heterocycles. The normalized spacial score (nSPS) is 30.7. The van der Waals surface area contributed by atoms with E-state index in [9.17, 15) is 4.79 Å². The standard InChI is InChI=1S/C14H22N4O/c1-18-9-11(8-15-18)16-14(19)13-7-6-10-4-2-3-5-12(10)17-13/h8-10,12-13,17H,2-7H2,1H3,(H,16,19). The second-order valence-electron chi connectivity index (χ2n) is 5.84. The summed E-state index contributed by atoms with van der Waals surface area (Å²) in [7, 11) is 1.85. The van der Waals surface area contributed by atoms with Crippen LogP contribution >= 0.6 is 0 Å². The van der Waals surface area contributed by atoms with Gasteiger partial charge < -0.3 is 10.6 Å². The fraction of sp³-hybridized carbons (Fsp3) is 0.714. The number of hydrogen-bond donors (Lipinski definition) is 2. The molecule has 0 spiro atoms. The largest absolute Gasteiger partial charge is 0.322 e. The lowest BCUT2D eigenvalue weighted by atomic mass is 9.77. The first kappa shape index (κ1) is 12.7. The summed E-state index contributed by atoms with van der Waals surface area (Å²) < 4.78 is 1.70. The quantitative estimate of drug-likeness (QED) is 0.852. The van der Waals surface area contributed by atoms with Gasteiger partial charge in [-0.25, -0.2) is 0 Å². The van der Waals surface area contributed by atoms with Crippen LogP contribution in [-0.4, -0.2) is 27.8 Å². The summed E-state index contributed by atoms with van der Waals surface area (Å²) in [6, 6.07) is 0.506. The molecule has 2 heterocycles. The van der Waals surface area contributed by atoms with Gasteiger partial charge in [0.1, 0.15) is 0 Å². The average molecular weight is 262 g/mol. The molecule has 5 heteroatoms. The van der Waals surface area contributed by atoms with Crippen molar-refractivity contribution in [3.63, 3.8) is 0 Å². The van der Waals surface area contributed by atoms with Crippen LogP contribution in [0, 0.1) is 5.92 Å². The molecule has 3 atom stereocenters. The molecule has 1 saturated carbocycles. The Hall–Kier alpha value is -1.36. The molecule has 1 aromatic rings. The van der Waals surface area contributed by atoms with Crippen molar-refractivity contribution in [1.82, 2.24) is 15.1 Å². The van der Waals surface area contributed by atoms with Crippen molar-refractivity contribution in [3.8, 4) is 0 Å². The number of carbonyl (C=O) groups is 1. The van der Waals surface area contributed by atoms with Gasteiger partial charge in [0, 0.05) is 19.3 Å². The van der Waals surface area contributed by atoms with Gasteiger partial charge in [0.25, 0.3) is 0 Å². The zero-order chi connectivity index (χ0) is 13.2. The zero-order valence-corrected chi connectivity index (χ0v) is 11.4. The van der Waals surface area contributed by atoms with Crippen LogP contribution in [0.1, 0.15) is 38.5 Å². The van der Waals surface area contributed by atoms with Gasteiger partial charge in [-0.2, -0.15) is 5.10 Å². The zero-order valence-electron chi connectivity index (χ0n) is 11.4. The number of aryl methyl sites for hydroxylation is 1. The Bertz CT molecular complexity index is 456. The summed E-state index contributed by atoms with van der Waals surface area (Å²) >= 11 is 0. The van der Waals surface area contributed by atoms with Crippen LogP contribution in [0.3, 0.4) is 0 Å². The molecule has 1 amide bonds. The molecule has 104 valence electrons. The van der Waals surface area contributed by atoms with Gasteiger partial charge in [0.2, 0.25) is 5.91 Å². The second kappa shape index (κ2) is 5.33. The monoisotopic (exact) mass is 262 g/mol. The van der Waals surface area contributed by atoms with Crippen LogP contribution in [0.15, 0.2) is 12.4 Å². The topological polar surface area (TPSA) is 59.0 Å². The third-order valence-electron chi connectivity index (χ3n) is 4.44. The van der Waals surface area contributed by atoms with E-state index < -0.39 is 0 Å². The second-order valence-corrected chi connectivity index (χ2v) is 5.84.